The van der Waals surface area contributed by atoms with E-state index < -0.39 is 0 Å². The molecule has 3 nitrogen and oxygen atoms in total. The summed E-state index contributed by atoms with van der Waals surface area (Å²) in [5.74, 6) is 0.754. The van der Waals surface area contributed by atoms with Crippen molar-refractivity contribution < 1.29 is 0 Å². The second-order valence-electron chi connectivity index (χ2n) is 5.22. The van der Waals surface area contributed by atoms with Gasteiger partial charge in [-0.25, -0.2) is 0 Å². The maximum Gasteiger partial charge on any atom is 0.224 e. The predicted molar refractivity (Wildman–Crippen MR) is 82.0 cm³/mol. The van der Waals surface area contributed by atoms with Crippen molar-refractivity contribution in [2.75, 3.05) is 30.4 Å². The molecule has 1 rings (SSSR count). The van der Waals surface area contributed by atoms with Gasteiger partial charge in [-0.15, -0.1) is 0 Å². The van der Waals surface area contributed by atoms with Crippen LogP contribution >= 0.6 is 12.2 Å². The SMILES string of the molecule is CCNc1c(N(C)CCCCC(C)C)c(=O)c1=S. The number of anilines is 2. The minimum atomic E-state index is 0.0207. The molecule has 0 aliphatic heterocycles. The summed E-state index contributed by atoms with van der Waals surface area (Å²) in [7, 11) is 1.97. The molecule has 0 aliphatic rings. The lowest BCUT2D eigenvalue weighted by molar-refractivity contribution is 0.538. The first kappa shape index (κ1) is 15.2. The topological polar surface area (TPSA) is 32.3 Å². The van der Waals surface area contributed by atoms with Gasteiger partial charge in [0.2, 0.25) is 5.43 Å². The molecule has 102 valence electrons. The Morgan fingerprint density at radius 1 is 1.33 bits per heavy atom. The summed E-state index contributed by atoms with van der Waals surface area (Å²) in [5.41, 5.74) is 1.66. The van der Waals surface area contributed by atoms with Crippen LogP contribution in [0.3, 0.4) is 0 Å². The van der Waals surface area contributed by atoms with E-state index in [1.807, 2.05) is 18.9 Å². The average Bonchev–Trinajstić information content (AvgIpc) is 2.33. The highest BCUT2D eigenvalue weighted by molar-refractivity contribution is 7.71. The third-order valence-corrected chi connectivity index (χ3v) is 3.53. The second-order valence-corrected chi connectivity index (χ2v) is 5.63. The molecular weight excluding hydrogens is 244 g/mol. The fourth-order valence-corrected chi connectivity index (χ4v) is 2.36. The van der Waals surface area contributed by atoms with E-state index in [9.17, 15) is 4.79 Å². The highest BCUT2D eigenvalue weighted by Gasteiger charge is 2.20. The predicted octanol–water partition coefficient (Wildman–Crippen LogP) is 3.35. The molecule has 1 aromatic rings. The maximum atomic E-state index is 11.7. The molecule has 1 aromatic carbocycles. The van der Waals surface area contributed by atoms with Crippen molar-refractivity contribution in [3.05, 3.63) is 14.7 Å². The molecule has 18 heavy (non-hydrogen) atoms. The maximum absolute atomic E-state index is 11.7. The zero-order valence-corrected chi connectivity index (χ0v) is 12.7. The fraction of sp³-hybridized carbons (Fsp3) is 0.714. The monoisotopic (exact) mass is 268 g/mol. The number of hydrogen-bond acceptors (Lipinski definition) is 4. The van der Waals surface area contributed by atoms with E-state index in [-0.39, 0.29) is 5.43 Å². The Hall–Kier alpha value is -0.900. The number of nitrogens with zero attached hydrogens (tertiary/aromatic N) is 1. The van der Waals surface area contributed by atoms with E-state index in [2.05, 4.69) is 19.2 Å². The Morgan fingerprint density at radius 3 is 2.56 bits per heavy atom. The molecule has 0 atom stereocenters. The Balaban J connectivity index is 2.52. The summed E-state index contributed by atoms with van der Waals surface area (Å²) in [6.45, 7) is 8.21. The van der Waals surface area contributed by atoms with Crippen LogP contribution in [0.1, 0.15) is 40.0 Å². The zero-order chi connectivity index (χ0) is 13.7. The number of nitrogens with one attached hydrogen (secondary N) is 1. The Bertz CT molecular complexity index is 447. The molecule has 1 N–H and O–H groups in total. The Kier molecular flexibility index (Phi) is 5.79. The molecule has 0 heterocycles. The van der Waals surface area contributed by atoms with Gasteiger partial charge in [-0.05, 0) is 19.3 Å². The lowest BCUT2D eigenvalue weighted by Gasteiger charge is -2.24. The molecule has 0 aliphatic carbocycles. The first-order chi connectivity index (χ1) is 8.49. The van der Waals surface area contributed by atoms with Crippen molar-refractivity contribution in [3.8, 4) is 0 Å². The molecule has 0 spiro atoms. The van der Waals surface area contributed by atoms with Crippen LogP contribution in [-0.4, -0.2) is 20.1 Å². The van der Waals surface area contributed by atoms with Gasteiger partial charge >= 0.3 is 0 Å². The molecule has 0 aromatic heterocycles. The van der Waals surface area contributed by atoms with Gasteiger partial charge < -0.3 is 10.2 Å². The largest absolute Gasteiger partial charge is 0.382 e. The van der Waals surface area contributed by atoms with Crippen LogP contribution < -0.4 is 15.6 Å². The van der Waals surface area contributed by atoms with Gasteiger partial charge in [-0.3, -0.25) is 4.79 Å². The molecule has 0 saturated heterocycles. The van der Waals surface area contributed by atoms with Crippen LogP contribution in [0.2, 0.25) is 0 Å². The van der Waals surface area contributed by atoms with Crippen molar-refractivity contribution in [2.45, 2.75) is 40.0 Å². The quantitative estimate of drug-likeness (QED) is 0.579. The average molecular weight is 268 g/mol. The lowest BCUT2D eigenvalue weighted by Crippen LogP contribution is -2.30. The molecular formula is C14H24N2OS. The normalized spacial score (nSPS) is 11.2. The minimum absolute atomic E-state index is 0.0207. The van der Waals surface area contributed by atoms with E-state index >= 15 is 0 Å². The van der Waals surface area contributed by atoms with Crippen LogP contribution in [0.15, 0.2) is 4.79 Å². The van der Waals surface area contributed by atoms with Crippen LogP contribution in [0, 0.1) is 10.4 Å². The smallest absolute Gasteiger partial charge is 0.224 e. The molecule has 0 radical (unpaired) electrons. The van der Waals surface area contributed by atoms with Gasteiger partial charge in [0.05, 0.1) is 5.69 Å². The third-order valence-electron chi connectivity index (χ3n) is 3.15. The van der Waals surface area contributed by atoms with Crippen LogP contribution in [-0.2, 0) is 0 Å². The number of unbranched alkanes of at least 4 members (excludes halogenated alkanes) is 1. The van der Waals surface area contributed by atoms with Gasteiger partial charge in [0.25, 0.3) is 0 Å². The summed E-state index contributed by atoms with van der Waals surface area (Å²) in [4.78, 5) is 13.8. The Morgan fingerprint density at radius 2 is 2.00 bits per heavy atom. The summed E-state index contributed by atoms with van der Waals surface area (Å²) in [6.07, 6.45) is 3.58. The van der Waals surface area contributed by atoms with Gasteiger partial charge in [0, 0.05) is 20.1 Å². The molecule has 0 unspecified atom stereocenters. The summed E-state index contributed by atoms with van der Waals surface area (Å²) < 4.78 is 0.459. The van der Waals surface area contributed by atoms with Gasteiger partial charge in [0.1, 0.15) is 10.2 Å². The van der Waals surface area contributed by atoms with Crippen molar-refractivity contribution in [2.24, 2.45) is 5.92 Å². The molecule has 0 fully saturated rings. The van der Waals surface area contributed by atoms with Gasteiger partial charge in [0.15, 0.2) is 0 Å². The lowest BCUT2D eigenvalue weighted by atomic mass is 10.1. The van der Waals surface area contributed by atoms with Gasteiger partial charge in [-0.1, -0.05) is 38.9 Å². The van der Waals surface area contributed by atoms with Crippen molar-refractivity contribution in [1.29, 1.82) is 0 Å². The second kappa shape index (κ2) is 6.88. The number of rotatable bonds is 8. The number of hydrogen-bond donors (Lipinski definition) is 1. The minimum Gasteiger partial charge on any atom is -0.382 e. The fourth-order valence-electron chi connectivity index (χ4n) is 2.10. The first-order valence-corrected chi connectivity index (χ1v) is 7.18. The summed E-state index contributed by atoms with van der Waals surface area (Å²) in [6, 6.07) is 0. The van der Waals surface area contributed by atoms with E-state index in [1.54, 1.807) is 0 Å². The highest BCUT2D eigenvalue weighted by atomic mass is 32.1. The van der Waals surface area contributed by atoms with E-state index in [0.717, 1.165) is 36.8 Å². The zero-order valence-electron chi connectivity index (χ0n) is 11.9. The van der Waals surface area contributed by atoms with E-state index in [4.69, 9.17) is 12.2 Å². The third kappa shape index (κ3) is 3.55. The van der Waals surface area contributed by atoms with Crippen LogP contribution in [0.4, 0.5) is 11.4 Å². The first-order valence-electron chi connectivity index (χ1n) is 6.77. The summed E-state index contributed by atoms with van der Waals surface area (Å²) in [5, 5.41) is 3.18. The van der Waals surface area contributed by atoms with Crippen molar-refractivity contribution in [3.63, 3.8) is 0 Å². The molecule has 0 amide bonds. The Labute approximate surface area is 115 Å². The van der Waals surface area contributed by atoms with E-state index in [1.165, 1.54) is 12.8 Å². The molecule has 0 bridgehead atoms. The van der Waals surface area contributed by atoms with Gasteiger partial charge in [-0.2, -0.15) is 0 Å². The molecule has 0 saturated carbocycles. The summed E-state index contributed by atoms with van der Waals surface area (Å²) >= 11 is 5.06. The highest BCUT2D eigenvalue weighted by Crippen LogP contribution is 2.26. The standard InChI is InChI=1S/C14H24N2OS/c1-5-15-11-12(13(17)14(11)18)16(4)9-7-6-8-10(2)3/h10,15H,5-9H2,1-4H3. The van der Waals surface area contributed by atoms with E-state index in [0.29, 0.717) is 4.51 Å². The van der Waals surface area contributed by atoms with Crippen LogP contribution in [0.5, 0.6) is 0 Å². The van der Waals surface area contributed by atoms with Crippen molar-refractivity contribution >= 4 is 23.6 Å². The molecule has 4 heteroatoms. The van der Waals surface area contributed by atoms with Crippen LogP contribution in [0.25, 0.3) is 0 Å². The van der Waals surface area contributed by atoms with Crippen molar-refractivity contribution in [1.82, 2.24) is 0 Å².